The van der Waals surface area contributed by atoms with Crippen LogP contribution in [0.15, 0.2) is 29.3 Å². The minimum Gasteiger partial charge on any atom is -0.373 e. The van der Waals surface area contributed by atoms with Crippen LogP contribution in [-0.4, -0.2) is 37.3 Å². The van der Waals surface area contributed by atoms with Crippen LogP contribution >= 0.6 is 35.6 Å². The van der Waals surface area contributed by atoms with Crippen LogP contribution in [0.4, 0.5) is 0 Å². The number of benzene rings is 1. The van der Waals surface area contributed by atoms with E-state index in [1.807, 2.05) is 12.1 Å². The van der Waals surface area contributed by atoms with Gasteiger partial charge in [0.05, 0.1) is 24.8 Å². The van der Waals surface area contributed by atoms with Gasteiger partial charge in [-0.3, -0.25) is 4.99 Å². The van der Waals surface area contributed by atoms with E-state index >= 15 is 0 Å². The standard InChI is InChI=1S/C19H26ClN3O.HI/c1-2-21-18(23-16-11-15-7-8-17(16)24-15)22-12-19(9-10-19)13-3-5-14(20)6-4-13;/h3-6,15-17H,2,7-12H2,1H3,(H2,21,22,23);1H. The number of rotatable bonds is 5. The molecule has 25 heavy (non-hydrogen) atoms. The third kappa shape index (κ3) is 4.25. The molecule has 3 atom stereocenters. The number of ether oxygens (including phenoxy) is 1. The summed E-state index contributed by atoms with van der Waals surface area (Å²) in [4.78, 5) is 4.90. The van der Waals surface area contributed by atoms with E-state index in [0.29, 0.717) is 18.2 Å². The van der Waals surface area contributed by atoms with Crippen LogP contribution in [0, 0.1) is 0 Å². The van der Waals surface area contributed by atoms with Gasteiger partial charge in [-0.25, -0.2) is 0 Å². The number of halogens is 2. The molecule has 1 aromatic carbocycles. The molecule has 0 spiro atoms. The van der Waals surface area contributed by atoms with Crippen molar-refractivity contribution in [3.05, 3.63) is 34.9 Å². The van der Waals surface area contributed by atoms with E-state index in [-0.39, 0.29) is 29.4 Å². The summed E-state index contributed by atoms with van der Waals surface area (Å²) < 4.78 is 5.94. The van der Waals surface area contributed by atoms with Crippen molar-refractivity contribution in [2.75, 3.05) is 13.1 Å². The lowest BCUT2D eigenvalue weighted by Gasteiger charge is -2.23. The van der Waals surface area contributed by atoms with Gasteiger partial charge in [-0.05, 0) is 56.7 Å². The molecule has 2 heterocycles. The largest absolute Gasteiger partial charge is 0.373 e. The van der Waals surface area contributed by atoms with E-state index in [9.17, 15) is 0 Å². The molecule has 3 aliphatic rings. The molecule has 2 aliphatic heterocycles. The molecule has 4 nitrogen and oxygen atoms in total. The van der Waals surface area contributed by atoms with Gasteiger partial charge < -0.3 is 15.4 Å². The predicted molar refractivity (Wildman–Crippen MR) is 113 cm³/mol. The Morgan fingerprint density at radius 3 is 2.60 bits per heavy atom. The Balaban J connectivity index is 0.00000182. The molecule has 0 aromatic heterocycles. The molecule has 3 fully saturated rings. The minimum atomic E-state index is 0. The Labute approximate surface area is 172 Å². The van der Waals surface area contributed by atoms with Gasteiger partial charge >= 0.3 is 0 Å². The zero-order chi connectivity index (χ0) is 16.6. The van der Waals surface area contributed by atoms with E-state index in [4.69, 9.17) is 21.3 Å². The molecule has 1 aliphatic carbocycles. The van der Waals surface area contributed by atoms with Crippen molar-refractivity contribution in [3.63, 3.8) is 0 Å². The zero-order valence-electron chi connectivity index (χ0n) is 14.6. The minimum absolute atomic E-state index is 0. The fourth-order valence-electron chi connectivity index (χ4n) is 4.01. The lowest BCUT2D eigenvalue weighted by Crippen LogP contribution is -2.47. The number of nitrogens with one attached hydrogen (secondary N) is 2. The normalized spacial score (nSPS) is 29.2. The van der Waals surface area contributed by atoms with Crippen molar-refractivity contribution >= 4 is 41.5 Å². The van der Waals surface area contributed by atoms with Gasteiger partial charge in [0.25, 0.3) is 0 Å². The average molecular weight is 476 g/mol. The molecule has 4 rings (SSSR count). The van der Waals surface area contributed by atoms with E-state index < -0.39 is 0 Å². The number of guanidine groups is 1. The fourth-order valence-corrected chi connectivity index (χ4v) is 4.13. The van der Waals surface area contributed by atoms with Crippen LogP contribution in [0.3, 0.4) is 0 Å². The van der Waals surface area contributed by atoms with Crippen LogP contribution in [-0.2, 0) is 10.2 Å². The third-order valence-corrected chi connectivity index (χ3v) is 5.87. The lowest BCUT2D eigenvalue weighted by atomic mass is 9.95. The molecule has 6 heteroatoms. The van der Waals surface area contributed by atoms with Crippen LogP contribution < -0.4 is 10.6 Å². The molecular weight excluding hydrogens is 449 g/mol. The average Bonchev–Trinajstić information content (AvgIpc) is 3.08. The number of hydrogen-bond acceptors (Lipinski definition) is 2. The molecule has 2 bridgehead atoms. The summed E-state index contributed by atoms with van der Waals surface area (Å²) >= 11 is 6.02. The number of nitrogens with zero attached hydrogens (tertiary/aromatic N) is 1. The van der Waals surface area contributed by atoms with Crippen LogP contribution in [0.25, 0.3) is 0 Å². The van der Waals surface area contributed by atoms with E-state index in [1.54, 1.807) is 0 Å². The summed E-state index contributed by atoms with van der Waals surface area (Å²) in [7, 11) is 0. The second-order valence-corrected chi connectivity index (χ2v) is 7.78. The van der Waals surface area contributed by atoms with Gasteiger partial charge in [0, 0.05) is 17.0 Å². The second kappa shape index (κ2) is 8.01. The Hall–Kier alpha value is -0.530. The van der Waals surface area contributed by atoms with Crippen molar-refractivity contribution in [1.29, 1.82) is 0 Å². The van der Waals surface area contributed by atoms with Crippen LogP contribution in [0.5, 0.6) is 0 Å². The fraction of sp³-hybridized carbons (Fsp3) is 0.632. The Morgan fingerprint density at radius 2 is 2.04 bits per heavy atom. The summed E-state index contributed by atoms with van der Waals surface area (Å²) in [6, 6.07) is 8.67. The van der Waals surface area contributed by atoms with Gasteiger partial charge in [-0.2, -0.15) is 0 Å². The predicted octanol–water partition coefficient (Wildman–Crippen LogP) is 3.86. The molecule has 138 valence electrons. The number of aliphatic imine (C=N–C) groups is 1. The molecule has 2 saturated heterocycles. The monoisotopic (exact) mass is 475 g/mol. The maximum atomic E-state index is 6.02. The molecule has 0 radical (unpaired) electrons. The SMILES string of the molecule is CCNC(=NCC1(c2ccc(Cl)cc2)CC1)NC1CC2CCC1O2.I. The third-order valence-electron chi connectivity index (χ3n) is 5.62. The first-order chi connectivity index (χ1) is 11.7. The summed E-state index contributed by atoms with van der Waals surface area (Å²) in [5.74, 6) is 0.930. The van der Waals surface area contributed by atoms with E-state index in [2.05, 4.69) is 29.7 Å². The summed E-state index contributed by atoms with van der Waals surface area (Å²) in [5, 5.41) is 7.79. The summed E-state index contributed by atoms with van der Waals surface area (Å²) in [6.45, 7) is 3.81. The lowest BCUT2D eigenvalue weighted by molar-refractivity contribution is 0.0992. The first kappa shape index (κ1) is 19.2. The summed E-state index contributed by atoms with van der Waals surface area (Å²) in [6.07, 6.45) is 6.73. The highest BCUT2D eigenvalue weighted by molar-refractivity contribution is 14.0. The molecule has 0 amide bonds. The molecule has 1 aromatic rings. The first-order valence-corrected chi connectivity index (χ1v) is 9.53. The quantitative estimate of drug-likeness (QED) is 0.386. The van der Waals surface area contributed by atoms with Gasteiger partial charge in [0.2, 0.25) is 0 Å². The first-order valence-electron chi connectivity index (χ1n) is 9.15. The van der Waals surface area contributed by atoms with Crippen molar-refractivity contribution in [2.24, 2.45) is 4.99 Å². The molecule has 2 N–H and O–H groups in total. The van der Waals surface area contributed by atoms with Crippen molar-refractivity contribution in [1.82, 2.24) is 10.6 Å². The zero-order valence-corrected chi connectivity index (χ0v) is 17.7. The smallest absolute Gasteiger partial charge is 0.191 e. The Bertz CT molecular complexity index is 618. The molecular formula is C19H27ClIN3O. The van der Waals surface area contributed by atoms with Gasteiger partial charge in [-0.1, -0.05) is 23.7 Å². The highest BCUT2D eigenvalue weighted by Gasteiger charge is 2.44. The Morgan fingerprint density at radius 1 is 1.28 bits per heavy atom. The van der Waals surface area contributed by atoms with Crippen LogP contribution in [0.1, 0.15) is 44.6 Å². The van der Waals surface area contributed by atoms with Gasteiger partial charge in [-0.15, -0.1) is 24.0 Å². The van der Waals surface area contributed by atoms with E-state index in [1.165, 1.54) is 31.2 Å². The highest BCUT2D eigenvalue weighted by atomic mass is 127. The summed E-state index contributed by atoms with van der Waals surface area (Å²) in [5.41, 5.74) is 1.56. The topological polar surface area (TPSA) is 45.7 Å². The maximum Gasteiger partial charge on any atom is 0.191 e. The van der Waals surface area contributed by atoms with E-state index in [0.717, 1.165) is 30.5 Å². The van der Waals surface area contributed by atoms with Gasteiger partial charge in [0.1, 0.15) is 0 Å². The van der Waals surface area contributed by atoms with Gasteiger partial charge in [0.15, 0.2) is 5.96 Å². The van der Waals surface area contributed by atoms with Crippen molar-refractivity contribution in [2.45, 2.75) is 62.7 Å². The second-order valence-electron chi connectivity index (χ2n) is 7.34. The van der Waals surface area contributed by atoms with Crippen LogP contribution in [0.2, 0.25) is 5.02 Å². The van der Waals surface area contributed by atoms with Crippen molar-refractivity contribution < 1.29 is 4.74 Å². The Kier molecular flexibility index (Phi) is 6.16. The molecule has 3 unspecified atom stereocenters. The maximum absolute atomic E-state index is 6.02. The molecule has 1 saturated carbocycles. The number of hydrogen-bond donors (Lipinski definition) is 2. The number of fused-ring (bicyclic) bond motifs is 2. The highest BCUT2D eigenvalue weighted by Crippen LogP contribution is 2.48. The van der Waals surface area contributed by atoms with Crippen molar-refractivity contribution in [3.8, 4) is 0 Å².